The van der Waals surface area contributed by atoms with Crippen molar-refractivity contribution >= 4 is 5.91 Å². The number of carbonyl (C=O) groups excluding carboxylic acids is 1. The summed E-state index contributed by atoms with van der Waals surface area (Å²) in [4.78, 5) is 18.9. The van der Waals surface area contributed by atoms with Crippen LogP contribution in [0.25, 0.3) is 11.3 Å². The molecule has 0 unspecified atom stereocenters. The number of amides is 1. The fraction of sp³-hybridized carbons (Fsp3) is 0.167. The zero-order valence-corrected chi connectivity index (χ0v) is 12.6. The van der Waals surface area contributed by atoms with Gasteiger partial charge in [0.15, 0.2) is 0 Å². The number of hydrogen-bond donors (Lipinski definition) is 1. The second-order valence-corrected chi connectivity index (χ2v) is 5.66. The predicted octanol–water partition coefficient (Wildman–Crippen LogP) is 2.67. The van der Waals surface area contributed by atoms with Crippen LogP contribution < -0.4 is 0 Å². The predicted molar refractivity (Wildman–Crippen MR) is 86.7 cm³/mol. The number of nitrogens with zero attached hydrogens (tertiary/aromatic N) is 3. The lowest BCUT2D eigenvalue weighted by Crippen LogP contribution is -2.35. The number of carbonyl (C=O) groups is 1. The largest absolute Gasteiger partial charge is 0.334 e. The minimum atomic E-state index is 0.0331. The van der Waals surface area contributed by atoms with Crippen LogP contribution in [-0.4, -0.2) is 32.5 Å². The molecule has 2 aromatic heterocycles. The first kappa shape index (κ1) is 13.7. The van der Waals surface area contributed by atoms with Gasteiger partial charge in [-0.05, 0) is 29.7 Å². The Morgan fingerprint density at radius 1 is 1.09 bits per heavy atom. The van der Waals surface area contributed by atoms with Crippen molar-refractivity contribution in [3.05, 3.63) is 71.7 Å². The Morgan fingerprint density at radius 3 is 2.70 bits per heavy atom. The summed E-state index contributed by atoms with van der Waals surface area (Å²) < 4.78 is 0. The molecular formula is C18H16N4O. The Morgan fingerprint density at radius 2 is 1.96 bits per heavy atom. The van der Waals surface area contributed by atoms with Crippen LogP contribution in [0.3, 0.4) is 0 Å². The maximum Gasteiger partial charge on any atom is 0.255 e. The van der Waals surface area contributed by atoms with Gasteiger partial charge in [0.05, 0.1) is 17.5 Å². The zero-order chi connectivity index (χ0) is 15.6. The van der Waals surface area contributed by atoms with E-state index in [9.17, 15) is 4.79 Å². The van der Waals surface area contributed by atoms with Gasteiger partial charge >= 0.3 is 0 Å². The minimum absolute atomic E-state index is 0.0331. The number of pyridine rings is 1. The fourth-order valence-corrected chi connectivity index (χ4v) is 2.93. The molecule has 1 N–H and O–H groups in total. The number of nitrogens with one attached hydrogen (secondary N) is 1. The van der Waals surface area contributed by atoms with Gasteiger partial charge in [-0.3, -0.25) is 14.9 Å². The summed E-state index contributed by atoms with van der Waals surface area (Å²) in [6.45, 7) is 1.41. The molecule has 0 saturated carbocycles. The molecule has 0 spiro atoms. The number of aromatic amines is 1. The standard InChI is InChI=1S/C18H16N4O/c23-18(22-8-7-13-3-1-2-4-15(13)12-22)14-5-6-17(19-9-14)16-10-20-21-11-16/h1-6,9-11H,7-8,12H2,(H,20,21). The first-order chi connectivity index (χ1) is 11.3. The first-order valence-corrected chi connectivity index (χ1v) is 7.62. The number of rotatable bonds is 2. The molecule has 23 heavy (non-hydrogen) atoms. The number of H-pyrrole nitrogens is 1. The molecule has 114 valence electrons. The molecule has 3 aromatic rings. The molecule has 0 saturated heterocycles. The smallest absolute Gasteiger partial charge is 0.255 e. The molecule has 1 aliphatic rings. The lowest BCUT2D eigenvalue weighted by molar-refractivity contribution is 0.0734. The maximum absolute atomic E-state index is 12.7. The van der Waals surface area contributed by atoms with Crippen molar-refractivity contribution in [1.29, 1.82) is 0 Å². The quantitative estimate of drug-likeness (QED) is 0.792. The normalized spacial score (nSPS) is 13.7. The molecule has 0 bridgehead atoms. The second kappa shape index (κ2) is 5.68. The van der Waals surface area contributed by atoms with Crippen LogP contribution >= 0.6 is 0 Å². The van der Waals surface area contributed by atoms with Crippen LogP contribution in [0.5, 0.6) is 0 Å². The van der Waals surface area contributed by atoms with E-state index in [0.717, 1.165) is 24.2 Å². The zero-order valence-electron chi connectivity index (χ0n) is 12.6. The van der Waals surface area contributed by atoms with Gasteiger partial charge in [-0.1, -0.05) is 24.3 Å². The SMILES string of the molecule is O=C(c1ccc(-c2cn[nH]c2)nc1)N1CCc2ccccc2C1. The van der Waals surface area contributed by atoms with E-state index in [1.54, 1.807) is 18.6 Å². The average Bonchev–Trinajstić information content (AvgIpc) is 3.15. The van der Waals surface area contributed by atoms with E-state index in [-0.39, 0.29) is 5.91 Å². The summed E-state index contributed by atoms with van der Waals surface area (Å²) in [5, 5.41) is 6.67. The van der Waals surface area contributed by atoms with Crippen molar-refractivity contribution in [2.45, 2.75) is 13.0 Å². The van der Waals surface area contributed by atoms with Crippen LogP contribution in [0.2, 0.25) is 0 Å². The Bertz CT molecular complexity index is 824. The van der Waals surface area contributed by atoms with E-state index in [1.807, 2.05) is 23.1 Å². The van der Waals surface area contributed by atoms with Crippen LogP contribution in [0.4, 0.5) is 0 Å². The number of benzene rings is 1. The van der Waals surface area contributed by atoms with Crippen molar-refractivity contribution in [3.8, 4) is 11.3 Å². The summed E-state index contributed by atoms with van der Waals surface area (Å²) >= 11 is 0. The van der Waals surface area contributed by atoms with Crippen molar-refractivity contribution in [1.82, 2.24) is 20.1 Å². The van der Waals surface area contributed by atoms with Gasteiger partial charge < -0.3 is 4.90 Å². The molecule has 0 atom stereocenters. The summed E-state index contributed by atoms with van der Waals surface area (Å²) in [6.07, 6.45) is 6.05. The highest BCUT2D eigenvalue weighted by molar-refractivity contribution is 5.94. The summed E-state index contributed by atoms with van der Waals surface area (Å²) in [5.41, 5.74) is 4.91. The highest BCUT2D eigenvalue weighted by atomic mass is 16.2. The van der Waals surface area contributed by atoms with Crippen LogP contribution in [0, 0.1) is 0 Å². The molecule has 0 fully saturated rings. The molecule has 4 rings (SSSR count). The average molecular weight is 304 g/mol. The molecule has 1 aromatic carbocycles. The van der Waals surface area contributed by atoms with Gasteiger partial charge in [0.1, 0.15) is 0 Å². The van der Waals surface area contributed by atoms with Crippen LogP contribution in [-0.2, 0) is 13.0 Å². The van der Waals surface area contributed by atoms with Gasteiger partial charge in [-0.25, -0.2) is 0 Å². The third kappa shape index (κ3) is 2.61. The fourth-order valence-electron chi connectivity index (χ4n) is 2.93. The lowest BCUT2D eigenvalue weighted by atomic mass is 9.99. The van der Waals surface area contributed by atoms with Crippen molar-refractivity contribution in [3.63, 3.8) is 0 Å². The van der Waals surface area contributed by atoms with Crippen molar-refractivity contribution in [2.75, 3.05) is 6.54 Å². The number of fused-ring (bicyclic) bond motifs is 1. The Kier molecular flexibility index (Phi) is 3.38. The number of hydrogen-bond acceptors (Lipinski definition) is 3. The highest BCUT2D eigenvalue weighted by Crippen LogP contribution is 2.21. The third-order valence-corrected chi connectivity index (χ3v) is 4.22. The van der Waals surface area contributed by atoms with E-state index >= 15 is 0 Å². The van der Waals surface area contributed by atoms with Gasteiger partial charge in [0.2, 0.25) is 0 Å². The molecule has 5 heteroatoms. The van der Waals surface area contributed by atoms with Crippen molar-refractivity contribution < 1.29 is 4.79 Å². The molecule has 1 aliphatic heterocycles. The molecule has 5 nitrogen and oxygen atoms in total. The lowest BCUT2D eigenvalue weighted by Gasteiger charge is -2.28. The highest BCUT2D eigenvalue weighted by Gasteiger charge is 2.21. The van der Waals surface area contributed by atoms with Gasteiger partial charge in [0, 0.05) is 31.0 Å². The topological polar surface area (TPSA) is 61.9 Å². The van der Waals surface area contributed by atoms with E-state index < -0.39 is 0 Å². The van der Waals surface area contributed by atoms with Gasteiger partial charge in [-0.15, -0.1) is 0 Å². The summed E-state index contributed by atoms with van der Waals surface area (Å²) in [5.74, 6) is 0.0331. The molecule has 3 heterocycles. The van der Waals surface area contributed by atoms with Crippen LogP contribution in [0.1, 0.15) is 21.5 Å². The molecule has 0 aliphatic carbocycles. The monoisotopic (exact) mass is 304 g/mol. The Balaban J connectivity index is 1.53. The van der Waals surface area contributed by atoms with E-state index in [4.69, 9.17) is 0 Å². The summed E-state index contributed by atoms with van der Waals surface area (Å²) in [6, 6.07) is 12.0. The first-order valence-electron chi connectivity index (χ1n) is 7.62. The van der Waals surface area contributed by atoms with Crippen LogP contribution in [0.15, 0.2) is 55.0 Å². The molecular weight excluding hydrogens is 288 g/mol. The molecule has 1 amide bonds. The summed E-state index contributed by atoms with van der Waals surface area (Å²) in [7, 11) is 0. The minimum Gasteiger partial charge on any atom is -0.334 e. The third-order valence-electron chi connectivity index (χ3n) is 4.22. The second-order valence-electron chi connectivity index (χ2n) is 5.66. The van der Waals surface area contributed by atoms with Crippen molar-refractivity contribution in [2.24, 2.45) is 0 Å². The van der Waals surface area contributed by atoms with Gasteiger partial charge in [0.25, 0.3) is 5.91 Å². The van der Waals surface area contributed by atoms with E-state index in [2.05, 4.69) is 33.4 Å². The Hall–Kier alpha value is -2.95. The van der Waals surface area contributed by atoms with Gasteiger partial charge in [-0.2, -0.15) is 5.10 Å². The maximum atomic E-state index is 12.7. The number of aromatic nitrogens is 3. The van der Waals surface area contributed by atoms with E-state index in [0.29, 0.717) is 12.1 Å². The van der Waals surface area contributed by atoms with E-state index in [1.165, 1.54) is 11.1 Å². The Labute approximate surface area is 134 Å². The molecule has 0 radical (unpaired) electrons.